The summed E-state index contributed by atoms with van der Waals surface area (Å²) in [6.45, 7) is 25.0. The molecule has 562 valence electrons. The number of hydrogen-bond donors (Lipinski definition) is 13. The minimum Gasteiger partial charge on any atom is -0.463 e. The van der Waals surface area contributed by atoms with Crippen molar-refractivity contribution in [3.63, 3.8) is 0 Å². The van der Waals surface area contributed by atoms with Crippen LogP contribution in [0.2, 0.25) is 0 Å². The summed E-state index contributed by atoms with van der Waals surface area (Å²) < 4.78 is 70.9. The van der Waals surface area contributed by atoms with Crippen molar-refractivity contribution in [1.29, 1.82) is 0 Å². The highest BCUT2D eigenvalue weighted by Gasteiger charge is 2.47. The molecule has 2 fully saturated rings. The molecular formula is C68H93Br4N11O19. The van der Waals surface area contributed by atoms with Gasteiger partial charge in [-0.15, -0.1) is 9.97 Å². The van der Waals surface area contributed by atoms with Crippen LogP contribution in [0.25, 0.3) is 21.8 Å². The van der Waals surface area contributed by atoms with Gasteiger partial charge in [-0.2, -0.15) is 19.9 Å². The molecule has 6 heterocycles. The number of aromatic nitrogens is 8. The Hall–Kier alpha value is -5.48. The largest absolute Gasteiger partial charge is 0.463 e. The van der Waals surface area contributed by atoms with Gasteiger partial charge in [0.15, 0.2) is 0 Å². The summed E-state index contributed by atoms with van der Waals surface area (Å²) in [5.74, 6) is 1.32. The number of halogens is 4. The van der Waals surface area contributed by atoms with Crippen LogP contribution >= 0.6 is 63.7 Å². The SMILES string of the molecule is Cc1ccc(Oc2nc(NCCC(C)(C)OCC(C)(C)N)nc(OCCNc3nc(OCC(C)(C)COC(C)(C)c4c(Br)cc5[nH]cc(O[C@@H]6O[C@H](CO)[C@@H](O)[C@H](O)[C@H]6O)c5c4Br)nc(OC(C)(C)CCOC(C)(C)c4c(Br)cc5[nH]cc(O[C@@H]6O[C@H](CO)[C@@H](O)[C@H](O)[C@H]6O)c5c4Br)n3)n2)cc1. The van der Waals surface area contributed by atoms with Crippen molar-refractivity contribution < 1.29 is 93.0 Å². The summed E-state index contributed by atoms with van der Waals surface area (Å²) in [6, 6.07) is 11.0. The normalized spacial score (nSPS) is 21.7. The molecule has 10 atom stereocenters. The quantitative estimate of drug-likeness (QED) is 0.0169. The van der Waals surface area contributed by atoms with Gasteiger partial charge in [-0.25, -0.2) is 0 Å². The number of anilines is 2. The monoisotopic (exact) mass is 1680 g/mol. The molecule has 0 aliphatic carbocycles. The minimum atomic E-state index is -1.64. The summed E-state index contributed by atoms with van der Waals surface area (Å²) in [4.78, 5) is 33.9. The number of hydrogen-bond acceptors (Lipinski definition) is 28. The first kappa shape index (κ1) is 80.6. The Balaban J connectivity index is 0.910. The zero-order valence-corrected chi connectivity index (χ0v) is 65.4. The second-order valence-corrected chi connectivity index (χ2v) is 32.2. The summed E-state index contributed by atoms with van der Waals surface area (Å²) in [5, 5.41) is 90.6. The predicted molar refractivity (Wildman–Crippen MR) is 389 cm³/mol. The smallest absolute Gasteiger partial charge is 0.330 e. The third kappa shape index (κ3) is 20.4. The Kier molecular flexibility index (Phi) is 26.2. The van der Waals surface area contributed by atoms with Crippen LogP contribution in [0, 0.1) is 12.3 Å². The molecular weight excluding hydrogens is 1590 g/mol. The van der Waals surface area contributed by atoms with Gasteiger partial charge in [0.05, 0.1) is 84.8 Å². The van der Waals surface area contributed by atoms with Gasteiger partial charge in [0.2, 0.25) is 24.5 Å². The number of fused-ring (bicyclic) bond motifs is 2. The molecule has 0 spiro atoms. The molecule has 2 aliphatic rings. The average Bonchev–Trinajstić information content (AvgIpc) is 1.49. The molecule has 34 heteroatoms. The van der Waals surface area contributed by atoms with E-state index in [1.807, 2.05) is 126 Å². The van der Waals surface area contributed by atoms with Crippen molar-refractivity contribution in [3.8, 4) is 41.3 Å². The standard InChI is InChI=1S/C68H93Br4N11O19/c1-33-14-16-34(17-15-33)97-61-80-57(74-20-18-65(6,7)95-32-64(4,5)73)78-59(82-61)92-23-21-75-58-79-60(93-30-63(2,3)31-96-68(12,13)46-36(70)25-38-44(48(46)72)40(27-77-38)99-56-54(91)52(89)50(87)42(29-85)101-56)83-62(81-58)102-66(8,9)19-22-94-67(10,11)45-35(69)24-37-43(47(45)71)39(26-76-37)98-55-53(90)51(88)49(86)41(28-84)100-55/h14-17,24-27,41-42,49-56,76-77,84-91H,18-23,28-32,73H2,1-13H3,(H,74,78,80,82)(H,75,79,81,83)/t41-,42-,49-,50-,51+,52+,53-,54-,55-,56-/m1/s1. The van der Waals surface area contributed by atoms with Crippen LogP contribution in [0.5, 0.6) is 41.3 Å². The number of ether oxygens (including phenoxy) is 11. The third-order valence-corrected chi connectivity index (χ3v) is 19.7. The van der Waals surface area contributed by atoms with Crippen molar-refractivity contribution in [1.82, 2.24) is 39.9 Å². The van der Waals surface area contributed by atoms with Gasteiger partial charge in [0, 0.05) is 65.3 Å². The maximum absolute atomic E-state index is 10.8. The molecule has 2 aliphatic heterocycles. The number of benzene rings is 3. The van der Waals surface area contributed by atoms with Crippen LogP contribution in [0.4, 0.5) is 11.9 Å². The molecule has 7 aromatic rings. The van der Waals surface area contributed by atoms with Gasteiger partial charge in [-0.1, -0.05) is 63.4 Å². The van der Waals surface area contributed by atoms with Gasteiger partial charge in [0.1, 0.15) is 78.3 Å². The van der Waals surface area contributed by atoms with Crippen LogP contribution in [0.1, 0.15) is 113 Å². The van der Waals surface area contributed by atoms with Gasteiger partial charge >= 0.3 is 24.0 Å². The van der Waals surface area contributed by atoms with E-state index in [0.717, 1.165) is 5.56 Å². The van der Waals surface area contributed by atoms with E-state index >= 15 is 0 Å². The van der Waals surface area contributed by atoms with E-state index in [2.05, 4.69) is 114 Å². The number of nitrogens with zero attached hydrogens (tertiary/aromatic N) is 6. The maximum atomic E-state index is 10.8. The first-order valence-corrected chi connectivity index (χ1v) is 36.3. The molecule has 2 saturated heterocycles. The molecule has 0 saturated carbocycles. The van der Waals surface area contributed by atoms with Crippen molar-refractivity contribution in [2.45, 2.75) is 192 Å². The molecule has 30 nitrogen and oxygen atoms in total. The summed E-state index contributed by atoms with van der Waals surface area (Å²) in [6.07, 6.45) is -10.8. The number of H-pyrrole nitrogens is 2. The molecule has 0 radical (unpaired) electrons. The third-order valence-electron chi connectivity index (χ3n) is 16.9. The van der Waals surface area contributed by atoms with E-state index < -0.39 is 108 Å². The Morgan fingerprint density at radius 2 is 1.01 bits per heavy atom. The van der Waals surface area contributed by atoms with Crippen molar-refractivity contribution in [2.75, 3.05) is 70.0 Å². The highest BCUT2D eigenvalue weighted by Crippen LogP contribution is 2.48. The maximum Gasteiger partial charge on any atom is 0.330 e. The Morgan fingerprint density at radius 1 is 0.529 bits per heavy atom. The number of rotatable bonds is 34. The summed E-state index contributed by atoms with van der Waals surface area (Å²) in [7, 11) is 0. The molecule has 102 heavy (non-hydrogen) atoms. The van der Waals surface area contributed by atoms with Crippen LogP contribution in [0.3, 0.4) is 0 Å². The molecule has 3 aromatic carbocycles. The number of nitrogens with one attached hydrogen (secondary N) is 4. The van der Waals surface area contributed by atoms with Crippen LogP contribution < -0.4 is 44.8 Å². The van der Waals surface area contributed by atoms with E-state index in [0.29, 0.717) is 82.6 Å². The lowest BCUT2D eigenvalue weighted by atomic mass is 9.93. The van der Waals surface area contributed by atoms with E-state index in [9.17, 15) is 40.9 Å². The van der Waals surface area contributed by atoms with Crippen LogP contribution in [0.15, 0.2) is 66.7 Å². The number of aromatic amines is 2. The minimum absolute atomic E-state index is 0.000558. The van der Waals surface area contributed by atoms with Crippen molar-refractivity contribution >= 4 is 97.4 Å². The van der Waals surface area contributed by atoms with Gasteiger partial charge in [-0.3, -0.25) is 0 Å². The predicted octanol–water partition coefficient (Wildman–Crippen LogP) is 8.21. The number of nitrogens with two attached hydrogens (primary N) is 1. The Morgan fingerprint density at radius 3 is 1.53 bits per heavy atom. The van der Waals surface area contributed by atoms with Crippen LogP contribution in [-0.4, -0.2) is 218 Å². The second-order valence-electron chi connectivity index (χ2n) is 29.0. The van der Waals surface area contributed by atoms with E-state index in [-0.39, 0.29) is 80.4 Å². The fraction of sp³-hybridized carbons (Fsp3) is 0.588. The second kappa shape index (κ2) is 33.1. The fourth-order valence-corrected chi connectivity index (χ4v) is 15.5. The molecule has 0 amide bonds. The molecule has 4 aromatic heterocycles. The lowest BCUT2D eigenvalue weighted by molar-refractivity contribution is -0.277. The van der Waals surface area contributed by atoms with Crippen molar-refractivity contribution in [3.05, 3.63) is 83.4 Å². The Labute approximate surface area is 624 Å². The van der Waals surface area contributed by atoms with Gasteiger partial charge in [-0.05, 0) is 139 Å². The number of aliphatic hydroxyl groups is 8. The van der Waals surface area contributed by atoms with E-state index in [4.69, 9.17) is 57.8 Å². The molecule has 0 unspecified atom stereocenters. The van der Waals surface area contributed by atoms with Crippen molar-refractivity contribution in [2.24, 2.45) is 11.1 Å². The summed E-state index contributed by atoms with van der Waals surface area (Å²) >= 11 is 15.1. The number of aryl methyl sites for hydroxylation is 1. The molecule has 0 bridgehead atoms. The van der Waals surface area contributed by atoms with E-state index in [1.165, 1.54) is 0 Å². The molecule has 14 N–H and O–H groups in total. The van der Waals surface area contributed by atoms with E-state index in [1.54, 1.807) is 12.4 Å². The highest BCUT2D eigenvalue weighted by atomic mass is 79.9. The first-order chi connectivity index (χ1) is 47.8. The first-order valence-electron chi connectivity index (χ1n) is 33.1. The zero-order chi connectivity index (χ0) is 74.6. The number of aliphatic hydroxyl groups excluding tert-OH is 8. The van der Waals surface area contributed by atoms with Gasteiger partial charge in [0.25, 0.3) is 0 Å². The van der Waals surface area contributed by atoms with Gasteiger partial charge < -0.3 is 119 Å². The Bertz CT molecular complexity index is 3970. The lowest BCUT2D eigenvalue weighted by Gasteiger charge is -2.39. The topological polar surface area (TPSA) is 422 Å². The lowest BCUT2D eigenvalue weighted by Crippen LogP contribution is -2.60. The highest BCUT2D eigenvalue weighted by molar-refractivity contribution is 9.11. The average molecular weight is 1690 g/mol. The molecule has 9 rings (SSSR count). The fourth-order valence-electron chi connectivity index (χ4n) is 10.9. The zero-order valence-electron chi connectivity index (χ0n) is 59.0. The van der Waals surface area contributed by atoms with Crippen LogP contribution in [-0.2, 0) is 34.9 Å². The summed E-state index contributed by atoms with van der Waals surface area (Å²) in [5.41, 5.74) is 5.26.